The molecule has 1 aromatic rings. The van der Waals surface area contributed by atoms with Crippen molar-refractivity contribution in [3.8, 4) is 0 Å². The van der Waals surface area contributed by atoms with Crippen LogP contribution >= 0.6 is 0 Å². The summed E-state index contributed by atoms with van der Waals surface area (Å²) >= 11 is 0. The molecule has 0 spiro atoms. The van der Waals surface area contributed by atoms with Gasteiger partial charge in [-0.3, -0.25) is 4.79 Å². The van der Waals surface area contributed by atoms with Crippen molar-refractivity contribution in [3.63, 3.8) is 0 Å². The van der Waals surface area contributed by atoms with Gasteiger partial charge in [0.25, 0.3) is 5.91 Å². The summed E-state index contributed by atoms with van der Waals surface area (Å²) in [4.78, 5) is 14.3. The molecular weight excluding hydrogens is 214 g/mol. The Morgan fingerprint density at radius 1 is 1.59 bits per heavy atom. The van der Waals surface area contributed by atoms with E-state index in [-0.39, 0.29) is 11.9 Å². The van der Waals surface area contributed by atoms with E-state index >= 15 is 0 Å². The molecule has 2 heterocycles. The molecule has 94 valence electrons. The molecule has 1 aliphatic rings. The average molecular weight is 235 g/mol. The molecule has 1 amide bonds. The number of amides is 1. The maximum absolute atomic E-state index is 12.4. The number of carbonyl (C=O) groups is 1. The molecular formula is C13H21N3O. The average Bonchev–Trinajstić information content (AvgIpc) is 2.74. The lowest BCUT2D eigenvalue weighted by Crippen LogP contribution is -2.49. The lowest BCUT2D eigenvalue weighted by Gasteiger charge is -2.38. The van der Waals surface area contributed by atoms with E-state index in [9.17, 15) is 4.79 Å². The highest BCUT2D eigenvalue weighted by Gasteiger charge is 2.30. The fraction of sp³-hybridized carbons (Fsp3) is 0.615. The van der Waals surface area contributed by atoms with Crippen molar-refractivity contribution in [1.82, 2.24) is 9.47 Å². The Bertz CT molecular complexity index is 399. The first-order chi connectivity index (χ1) is 8.13. The first-order valence-corrected chi connectivity index (χ1v) is 6.26. The molecule has 2 N–H and O–H groups in total. The van der Waals surface area contributed by atoms with Gasteiger partial charge in [0.15, 0.2) is 0 Å². The summed E-state index contributed by atoms with van der Waals surface area (Å²) in [6, 6.07) is 3.96. The Kier molecular flexibility index (Phi) is 3.52. The second-order valence-corrected chi connectivity index (χ2v) is 5.02. The van der Waals surface area contributed by atoms with Crippen LogP contribution in [0.5, 0.6) is 0 Å². The van der Waals surface area contributed by atoms with Crippen LogP contribution in [0.4, 0.5) is 0 Å². The third kappa shape index (κ3) is 2.36. The van der Waals surface area contributed by atoms with Crippen LogP contribution < -0.4 is 5.73 Å². The molecule has 1 fully saturated rings. The molecule has 17 heavy (non-hydrogen) atoms. The largest absolute Gasteiger partial charge is 0.347 e. The van der Waals surface area contributed by atoms with Crippen molar-refractivity contribution in [2.45, 2.75) is 25.8 Å². The van der Waals surface area contributed by atoms with Gasteiger partial charge in [0, 0.05) is 32.4 Å². The number of hydrogen-bond acceptors (Lipinski definition) is 2. The Labute approximate surface area is 102 Å². The molecule has 4 nitrogen and oxygen atoms in total. The van der Waals surface area contributed by atoms with E-state index in [2.05, 4.69) is 6.92 Å². The highest BCUT2D eigenvalue weighted by molar-refractivity contribution is 5.93. The van der Waals surface area contributed by atoms with Crippen molar-refractivity contribution >= 4 is 5.91 Å². The van der Waals surface area contributed by atoms with Crippen molar-refractivity contribution in [2.75, 3.05) is 13.1 Å². The van der Waals surface area contributed by atoms with Gasteiger partial charge in [0.1, 0.15) is 5.69 Å². The Morgan fingerprint density at radius 3 is 2.94 bits per heavy atom. The van der Waals surface area contributed by atoms with Gasteiger partial charge in [-0.1, -0.05) is 6.92 Å². The molecule has 2 atom stereocenters. The molecule has 2 unspecified atom stereocenters. The van der Waals surface area contributed by atoms with Gasteiger partial charge >= 0.3 is 0 Å². The number of aromatic nitrogens is 1. The summed E-state index contributed by atoms with van der Waals surface area (Å²) in [7, 11) is 1.90. The fourth-order valence-electron chi connectivity index (χ4n) is 2.57. The summed E-state index contributed by atoms with van der Waals surface area (Å²) in [6.45, 7) is 3.61. The lowest BCUT2D eigenvalue weighted by atomic mass is 9.92. The highest BCUT2D eigenvalue weighted by atomic mass is 16.2. The van der Waals surface area contributed by atoms with Crippen LogP contribution in [-0.4, -0.2) is 34.5 Å². The monoisotopic (exact) mass is 235 g/mol. The first kappa shape index (κ1) is 12.2. The smallest absolute Gasteiger partial charge is 0.270 e. The standard InChI is InChI=1S/C13H21N3O/c1-10-5-7-16(11(8-10)9-14)13(17)12-4-3-6-15(12)2/h3-4,6,10-11H,5,7-9,14H2,1-2H3. The maximum Gasteiger partial charge on any atom is 0.270 e. The number of rotatable bonds is 2. The predicted molar refractivity (Wildman–Crippen MR) is 67.7 cm³/mol. The molecule has 0 aromatic carbocycles. The Morgan fingerprint density at radius 2 is 2.35 bits per heavy atom. The predicted octanol–water partition coefficient (Wildman–Crippen LogP) is 1.22. The number of likely N-dealkylation sites (tertiary alicyclic amines) is 1. The topological polar surface area (TPSA) is 51.3 Å². The fourth-order valence-corrected chi connectivity index (χ4v) is 2.57. The van der Waals surface area contributed by atoms with Crippen molar-refractivity contribution < 1.29 is 4.79 Å². The summed E-state index contributed by atoms with van der Waals surface area (Å²) < 4.78 is 1.87. The van der Waals surface area contributed by atoms with Crippen molar-refractivity contribution in [2.24, 2.45) is 18.7 Å². The van der Waals surface area contributed by atoms with Gasteiger partial charge in [-0.05, 0) is 30.9 Å². The summed E-state index contributed by atoms with van der Waals surface area (Å²) in [6.07, 6.45) is 4.00. The summed E-state index contributed by atoms with van der Waals surface area (Å²) in [5.74, 6) is 0.779. The maximum atomic E-state index is 12.4. The molecule has 0 aliphatic carbocycles. The molecule has 2 rings (SSSR count). The highest BCUT2D eigenvalue weighted by Crippen LogP contribution is 2.23. The van der Waals surface area contributed by atoms with E-state index in [0.29, 0.717) is 12.5 Å². The third-order valence-electron chi connectivity index (χ3n) is 3.67. The van der Waals surface area contributed by atoms with E-state index < -0.39 is 0 Å². The zero-order valence-electron chi connectivity index (χ0n) is 10.6. The van der Waals surface area contributed by atoms with E-state index in [1.54, 1.807) is 0 Å². The van der Waals surface area contributed by atoms with E-state index in [4.69, 9.17) is 5.73 Å². The van der Waals surface area contributed by atoms with Crippen LogP contribution in [0.3, 0.4) is 0 Å². The molecule has 1 aromatic heterocycles. The summed E-state index contributed by atoms with van der Waals surface area (Å²) in [5.41, 5.74) is 6.53. The number of piperidine rings is 1. The zero-order chi connectivity index (χ0) is 12.4. The number of carbonyl (C=O) groups excluding carboxylic acids is 1. The van der Waals surface area contributed by atoms with Crippen LogP contribution in [0.15, 0.2) is 18.3 Å². The minimum atomic E-state index is 0.111. The van der Waals surface area contributed by atoms with Gasteiger partial charge < -0.3 is 15.2 Å². The van der Waals surface area contributed by atoms with Crippen LogP contribution in [0.1, 0.15) is 30.3 Å². The molecule has 4 heteroatoms. The molecule has 0 saturated carbocycles. The lowest BCUT2D eigenvalue weighted by molar-refractivity contribution is 0.0564. The van der Waals surface area contributed by atoms with Gasteiger partial charge in [-0.15, -0.1) is 0 Å². The van der Waals surface area contributed by atoms with Crippen LogP contribution in [0, 0.1) is 5.92 Å². The normalized spacial score (nSPS) is 25.0. The number of nitrogens with zero attached hydrogens (tertiary/aromatic N) is 2. The molecule has 0 radical (unpaired) electrons. The number of hydrogen-bond donors (Lipinski definition) is 1. The minimum Gasteiger partial charge on any atom is -0.347 e. The Balaban J connectivity index is 2.16. The quantitative estimate of drug-likeness (QED) is 0.838. The van der Waals surface area contributed by atoms with Crippen molar-refractivity contribution in [3.05, 3.63) is 24.0 Å². The van der Waals surface area contributed by atoms with Gasteiger partial charge in [0.05, 0.1) is 0 Å². The Hall–Kier alpha value is -1.29. The second kappa shape index (κ2) is 4.92. The third-order valence-corrected chi connectivity index (χ3v) is 3.67. The first-order valence-electron chi connectivity index (χ1n) is 6.26. The second-order valence-electron chi connectivity index (χ2n) is 5.02. The SMILES string of the molecule is CC1CCN(C(=O)c2cccn2C)C(CN)C1. The number of aryl methyl sites for hydroxylation is 1. The van der Waals surface area contributed by atoms with Gasteiger partial charge in [0.2, 0.25) is 0 Å². The van der Waals surface area contributed by atoms with Gasteiger partial charge in [-0.25, -0.2) is 0 Å². The summed E-state index contributed by atoms with van der Waals surface area (Å²) in [5, 5.41) is 0. The van der Waals surface area contributed by atoms with Gasteiger partial charge in [-0.2, -0.15) is 0 Å². The zero-order valence-corrected chi connectivity index (χ0v) is 10.6. The number of nitrogens with two attached hydrogens (primary N) is 1. The minimum absolute atomic E-state index is 0.111. The van der Waals surface area contributed by atoms with E-state index in [0.717, 1.165) is 25.1 Å². The van der Waals surface area contributed by atoms with Crippen LogP contribution in [0.25, 0.3) is 0 Å². The molecule has 1 aliphatic heterocycles. The van der Waals surface area contributed by atoms with E-state index in [1.165, 1.54) is 0 Å². The van der Waals surface area contributed by atoms with E-state index in [1.807, 2.05) is 34.8 Å². The van der Waals surface area contributed by atoms with Crippen LogP contribution in [-0.2, 0) is 7.05 Å². The van der Waals surface area contributed by atoms with Crippen LogP contribution in [0.2, 0.25) is 0 Å². The molecule has 0 bridgehead atoms. The van der Waals surface area contributed by atoms with Crippen molar-refractivity contribution in [1.29, 1.82) is 0 Å². The molecule has 1 saturated heterocycles.